The molecule has 10 nitrogen and oxygen atoms in total. The number of halogens is 3. The highest BCUT2D eigenvalue weighted by Gasteiger charge is 2.60. The van der Waals surface area contributed by atoms with Crippen LogP contribution in [0.4, 0.5) is 13.6 Å². The zero-order valence-electron chi connectivity index (χ0n) is 24.8. The van der Waals surface area contributed by atoms with Crippen molar-refractivity contribution in [2.75, 3.05) is 20.3 Å². The van der Waals surface area contributed by atoms with Crippen molar-refractivity contribution in [1.82, 2.24) is 14.9 Å². The van der Waals surface area contributed by atoms with Crippen LogP contribution in [0.2, 0.25) is 5.02 Å². The van der Waals surface area contributed by atoms with Gasteiger partial charge in [-0.1, -0.05) is 23.7 Å². The molecule has 2 aromatic heterocycles. The second kappa shape index (κ2) is 12.3. The molecule has 0 spiro atoms. The average molecular weight is 662 g/mol. The number of benzene rings is 2. The first-order valence-electron chi connectivity index (χ1n) is 13.8. The Labute approximate surface area is 265 Å². The largest absolute Gasteiger partial charge is 0.493 e. The van der Waals surface area contributed by atoms with Crippen LogP contribution in [0.3, 0.4) is 0 Å². The van der Waals surface area contributed by atoms with Crippen molar-refractivity contribution in [1.29, 1.82) is 0 Å². The molecule has 1 aliphatic rings. The molecular weight excluding hydrogens is 632 g/mol. The quantitative estimate of drug-likeness (QED) is 0.205. The smallest absolute Gasteiger partial charge is 0.408 e. The number of rotatable bonds is 9. The molecule has 1 N–H and O–H groups in total. The Morgan fingerprint density at radius 2 is 1.80 bits per heavy atom. The van der Waals surface area contributed by atoms with Gasteiger partial charge < -0.3 is 24.3 Å². The zero-order valence-corrected chi connectivity index (χ0v) is 26.4. The molecule has 45 heavy (non-hydrogen) atoms. The van der Waals surface area contributed by atoms with Gasteiger partial charge in [0, 0.05) is 16.0 Å². The number of nitrogens with zero attached hydrogens (tertiary/aromatic N) is 2. The number of ether oxygens (including phenoxy) is 4. The Balaban J connectivity index is 1.30. The maximum absolute atomic E-state index is 14.0. The average Bonchev–Trinajstić information content (AvgIpc) is 3.39. The summed E-state index contributed by atoms with van der Waals surface area (Å²) in [7, 11) is 1.39. The number of alkyl halides is 2. The van der Waals surface area contributed by atoms with Crippen LogP contribution >= 0.6 is 22.9 Å². The van der Waals surface area contributed by atoms with Crippen molar-refractivity contribution in [3.63, 3.8) is 0 Å². The first-order valence-corrected chi connectivity index (χ1v) is 15.0. The number of methoxy groups -OCH3 is 1. The molecule has 238 valence electrons. The second-order valence-corrected chi connectivity index (χ2v) is 13.1. The van der Waals surface area contributed by atoms with Gasteiger partial charge in [-0.2, -0.15) is 0 Å². The monoisotopic (exact) mass is 661 g/mol. The molecule has 2 aromatic carbocycles. The molecule has 1 amide bonds. The van der Waals surface area contributed by atoms with E-state index in [1.807, 2.05) is 18.2 Å². The molecule has 4 aromatic rings. The molecule has 2 heterocycles. The van der Waals surface area contributed by atoms with E-state index in [0.29, 0.717) is 20.9 Å². The summed E-state index contributed by atoms with van der Waals surface area (Å²) in [4.78, 5) is 43.0. The number of hydrogen-bond acceptors (Lipinski definition) is 9. The van der Waals surface area contributed by atoms with Crippen LogP contribution in [0.25, 0.3) is 26.3 Å². The number of fused-ring (bicyclic) bond motifs is 1. The number of hydrogen-bond donors (Lipinski definition) is 1. The van der Waals surface area contributed by atoms with Crippen molar-refractivity contribution in [3.8, 4) is 27.6 Å². The minimum absolute atomic E-state index is 0.182. The molecule has 0 saturated heterocycles. The molecule has 0 bridgehead atoms. The summed E-state index contributed by atoms with van der Waals surface area (Å²) < 4.78 is 51.4. The van der Waals surface area contributed by atoms with Crippen LogP contribution in [0.1, 0.15) is 33.6 Å². The van der Waals surface area contributed by atoms with E-state index in [-0.39, 0.29) is 17.1 Å². The van der Waals surface area contributed by atoms with Crippen molar-refractivity contribution < 1.29 is 37.3 Å². The van der Waals surface area contributed by atoms with Gasteiger partial charge in [0.1, 0.15) is 29.8 Å². The van der Waals surface area contributed by atoms with Gasteiger partial charge in [0.2, 0.25) is 0 Å². The van der Waals surface area contributed by atoms with E-state index < -0.39 is 55.2 Å². The van der Waals surface area contributed by atoms with E-state index in [0.717, 1.165) is 10.4 Å². The first-order chi connectivity index (χ1) is 21.2. The lowest BCUT2D eigenvalue weighted by molar-refractivity contribution is -0.233. The molecule has 0 radical (unpaired) electrons. The fourth-order valence-corrected chi connectivity index (χ4v) is 5.99. The van der Waals surface area contributed by atoms with Gasteiger partial charge in [-0.3, -0.25) is 14.2 Å². The lowest BCUT2D eigenvalue weighted by Gasteiger charge is -2.45. The number of esters is 1. The highest BCUT2D eigenvalue weighted by Crippen LogP contribution is 2.48. The summed E-state index contributed by atoms with van der Waals surface area (Å²) >= 11 is 7.31. The molecule has 0 unspecified atom stereocenters. The van der Waals surface area contributed by atoms with E-state index in [2.05, 4.69) is 10.3 Å². The highest BCUT2D eigenvalue weighted by atomic mass is 35.5. The molecular formula is C31H30ClF2N3O7S. The molecule has 14 heteroatoms. The van der Waals surface area contributed by atoms with Crippen LogP contribution in [0.5, 0.6) is 11.5 Å². The fourth-order valence-electron chi connectivity index (χ4n) is 4.82. The number of aromatic nitrogens is 2. The first kappa shape index (κ1) is 32.2. The van der Waals surface area contributed by atoms with Crippen LogP contribution in [-0.2, 0) is 14.3 Å². The van der Waals surface area contributed by atoms with Crippen LogP contribution in [0.15, 0.2) is 59.7 Å². The van der Waals surface area contributed by atoms with Crippen molar-refractivity contribution >= 4 is 45.2 Å². The normalized spacial score (nSPS) is 15.2. The predicted octanol–water partition coefficient (Wildman–Crippen LogP) is 6.39. The van der Waals surface area contributed by atoms with Gasteiger partial charge in [-0.15, -0.1) is 11.3 Å². The summed E-state index contributed by atoms with van der Waals surface area (Å²) in [5, 5.41) is 2.86. The third-order valence-electron chi connectivity index (χ3n) is 6.75. The molecule has 5 rings (SSSR count). The number of thiophene rings is 1. The van der Waals surface area contributed by atoms with E-state index in [1.54, 1.807) is 45.0 Å². The SMILES string of the molecule is COc1cc(-n2cnc3cc(-c4ccc(Cl)cc4)sc3c2=O)ccc1OCC1(OC(=O)CNC(=O)OC(C)(C)C)CC(F)(F)C1. The second-order valence-electron chi connectivity index (χ2n) is 11.6. The van der Waals surface area contributed by atoms with Crippen molar-refractivity contribution in [2.45, 2.75) is 50.7 Å². The van der Waals surface area contributed by atoms with Crippen LogP contribution < -0.4 is 20.3 Å². The maximum Gasteiger partial charge on any atom is 0.408 e. The molecule has 1 saturated carbocycles. The third kappa shape index (κ3) is 7.54. The van der Waals surface area contributed by atoms with Crippen molar-refractivity contribution in [2.24, 2.45) is 0 Å². The topological polar surface area (TPSA) is 118 Å². The van der Waals surface area contributed by atoms with E-state index in [4.69, 9.17) is 30.5 Å². The Bertz CT molecular complexity index is 1790. The summed E-state index contributed by atoms with van der Waals surface area (Å²) in [6, 6.07) is 13.8. The summed E-state index contributed by atoms with van der Waals surface area (Å²) in [5.41, 5.74) is -0.795. The Morgan fingerprint density at radius 3 is 2.44 bits per heavy atom. The fraction of sp³-hybridized carbons (Fsp3) is 0.355. The number of amides is 1. The molecule has 0 aliphatic heterocycles. The number of carbonyl (C=O) groups excluding carboxylic acids is 2. The minimum atomic E-state index is -3.04. The summed E-state index contributed by atoms with van der Waals surface area (Å²) in [6.07, 6.45) is -0.936. The van der Waals surface area contributed by atoms with Crippen LogP contribution in [-0.4, -0.2) is 59.0 Å². The standard InChI is InChI=1S/C31H30ClF2N3O7S/c1-29(2,3)44-28(40)35-13-25(38)43-30(14-31(33,34)15-30)16-42-22-10-9-20(11-23(22)41-4)37-17-36-21-12-24(45-26(21)27(37)39)18-5-7-19(32)8-6-18/h5-12,17H,13-16H2,1-4H3,(H,35,40). The van der Waals surface area contributed by atoms with Gasteiger partial charge in [-0.05, 0) is 56.7 Å². The third-order valence-corrected chi connectivity index (χ3v) is 8.16. The van der Waals surface area contributed by atoms with E-state index >= 15 is 0 Å². The zero-order chi connectivity index (χ0) is 32.6. The number of carbonyl (C=O) groups is 2. The van der Waals surface area contributed by atoms with E-state index in [1.165, 1.54) is 35.4 Å². The van der Waals surface area contributed by atoms with Gasteiger partial charge in [0.25, 0.3) is 11.5 Å². The molecule has 0 atom stereocenters. The van der Waals surface area contributed by atoms with Crippen molar-refractivity contribution in [3.05, 3.63) is 70.2 Å². The Kier molecular flexibility index (Phi) is 8.78. The minimum Gasteiger partial charge on any atom is -0.493 e. The number of nitrogens with one attached hydrogen (secondary N) is 1. The number of alkyl carbamates (subject to hydrolysis) is 1. The van der Waals surface area contributed by atoms with Crippen LogP contribution in [0, 0.1) is 0 Å². The van der Waals surface area contributed by atoms with E-state index in [9.17, 15) is 23.2 Å². The molecule has 1 aliphatic carbocycles. The Morgan fingerprint density at radius 1 is 1.09 bits per heavy atom. The summed E-state index contributed by atoms with van der Waals surface area (Å²) in [6.45, 7) is 4.01. The Hall–Kier alpha value is -4.23. The lowest BCUT2D eigenvalue weighted by atomic mass is 9.77. The molecule has 1 fully saturated rings. The van der Waals surface area contributed by atoms with Gasteiger partial charge in [0.15, 0.2) is 17.1 Å². The summed E-state index contributed by atoms with van der Waals surface area (Å²) in [5.74, 6) is -3.57. The predicted molar refractivity (Wildman–Crippen MR) is 165 cm³/mol. The van der Waals surface area contributed by atoms with Gasteiger partial charge in [0.05, 0.1) is 31.2 Å². The highest BCUT2D eigenvalue weighted by molar-refractivity contribution is 7.22. The van der Waals surface area contributed by atoms with Gasteiger partial charge in [-0.25, -0.2) is 18.6 Å². The van der Waals surface area contributed by atoms with Gasteiger partial charge >= 0.3 is 12.1 Å². The maximum atomic E-state index is 14.0. The lowest BCUT2D eigenvalue weighted by Crippen LogP contribution is -2.58.